The van der Waals surface area contributed by atoms with Gasteiger partial charge in [-0.25, -0.2) is 4.79 Å². The van der Waals surface area contributed by atoms with Crippen LogP contribution in [0.4, 0.5) is 5.95 Å². The molecule has 0 aliphatic carbocycles. The third-order valence-electron chi connectivity index (χ3n) is 6.49. The fourth-order valence-corrected chi connectivity index (χ4v) is 4.65. The zero-order chi connectivity index (χ0) is 23.5. The molecule has 0 bridgehead atoms. The molecule has 1 aliphatic rings. The molecule has 3 heterocycles. The highest BCUT2D eigenvalue weighted by molar-refractivity contribution is 5.75. The summed E-state index contributed by atoms with van der Waals surface area (Å²) in [5.74, 6) is 0.746. The summed E-state index contributed by atoms with van der Waals surface area (Å²) in [6.07, 6.45) is 1.60. The summed E-state index contributed by atoms with van der Waals surface area (Å²) >= 11 is 0. The first-order valence-corrected chi connectivity index (χ1v) is 11.9. The maximum Gasteiger partial charge on any atom is 0.332 e. The Hall–Kier alpha value is -3.65. The van der Waals surface area contributed by atoms with Crippen LogP contribution in [0.2, 0.25) is 0 Å². The molecule has 0 unspecified atom stereocenters. The van der Waals surface area contributed by atoms with Crippen molar-refractivity contribution in [1.82, 2.24) is 24.0 Å². The van der Waals surface area contributed by atoms with Gasteiger partial charge in [-0.1, -0.05) is 60.7 Å². The van der Waals surface area contributed by atoms with E-state index in [0.29, 0.717) is 30.7 Å². The van der Waals surface area contributed by atoms with Gasteiger partial charge < -0.3 is 10.2 Å². The van der Waals surface area contributed by atoms with E-state index in [4.69, 9.17) is 4.98 Å². The average molecular weight is 459 g/mol. The van der Waals surface area contributed by atoms with E-state index in [1.807, 2.05) is 53.1 Å². The van der Waals surface area contributed by atoms with Gasteiger partial charge in [0.2, 0.25) is 5.95 Å². The van der Waals surface area contributed by atoms with Gasteiger partial charge in [-0.3, -0.25) is 18.5 Å². The van der Waals surface area contributed by atoms with Crippen molar-refractivity contribution in [3.8, 4) is 0 Å². The van der Waals surface area contributed by atoms with Crippen LogP contribution in [0.25, 0.3) is 11.2 Å². The van der Waals surface area contributed by atoms with Gasteiger partial charge in [0, 0.05) is 33.2 Å². The van der Waals surface area contributed by atoms with Crippen molar-refractivity contribution < 1.29 is 0 Å². The number of aryl methyl sites for hydroxylation is 2. The molecule has 5 rings (SSSR count). The Bertz CT molecular complexity index is 1380. The summed E-state index contributed by atoms with van der Waals surface area (Å²) < 4.78 is 4.87. The molecule has 0 spiro atoms. The van der Waals surface area contributed by atoms with Crippen molar-refractivity contribution in [3.63, 3.8) is 0 Å². The van der Waals surface area contributed by atoms with E-state index < -0.39 is 0 Å². The Labute approximate surface area is 198 Å². The number of nitrogens with one attached hydrogen (secondary N) is 1. The Balaban J connectivity index is 1.65. The van der Waals surface area contributed by atoms with Crippen molar-refractivity contribution in [2.75, 3.05) is 31.1 Å². The molecule has 4 aromatic rings. The number of nitrogens with zero attached hydrogens (tertiary/aromatic N) is 5. The molecule has 2 aromatic heterocycles. The summed E-state index contributed by atoms with van der Waals surface area (Å²) in [5, 5.41) is 3.42. The molecule has 0 radical (unpaired) electrons. The van der Waals surface area contributed by atoms with E-state index in [-0.39, 0.29) is 11.2 Å². The standard InChI is InChI=1S/C26H30N6O2/c1-29-23-22(24(33)31(26(29)34)17-13-20-9-4-2-5-10-20)32(19-21-11-6-3-7-12-21)25(28-23)30-16-8-14-27-15-18-30/h2-7,9-12,27H,8,13-19H2,1H3. The van der Waals surface area contributed by atoms with Crippen molar-refractivity contribution in [3.05, 3.63) is 92.6 Å². The SMILES string of the molecule is Cn1c(=O)n(CCc2ccccc2)c(=O)c2c1nc(N1CCCNCC1)n2Cc1ccccc1. The molecule has 176 valence electrons. The van der Waals surface area contributed by atoms with Crippen LogP contribution in [-0.2, 0) is 26.6 Å². The third kappa shape index (κ3) is 4.28. The fraction of sp³-hybridized carbons (Fsp3) is 0.346. The number of aromatic nitrogens is 4. The molecule has 8 nitrogen and oxygen atoms in total. The molecular formula is C26H30N6O2. The minimum absolute atomic E-state index is 0.281. The molecule has 1 fully saturated rings. The van der Waals surface area contributed by atoms with E-state index in [1.165, 1.54) is 9.13 Å². The van der Waals surface area contributed by atoms with Crippen molar-refractivity contribution in [2.24, 2.45) is 7.05 Å². The van der Waals surface area contributed by atoms with Crippen LogP contribution in [0.15, 0.2) is 70.3 Å². The second-order valence-corrected chi connectivity index (χ2v) is 8.78. The fourth-order valence-electron chi connectivity index (χ4n) is 4.65. The van der Waals surface area contributed by atoms with Crippen LogP contribution in [0.3, 0.4) is 0 Å². The lowest BCUT2D eigenvalue weighted by atomic mass is 10.1. The van der Waals surface area contributed by atoms with Crippen molar-refractivity contribution in [2.45, 2.75) is 25.9 Å². The maximum atomic E-state index is 13.8. The van der Waals surface area contributed by atoms with Gasteiger partial charge in [0.1, 0.15) is 0 Å². The molecule has 8 heteroatoms. The molecule has 0 saturated carbocycles. The summed E-state index contributed by atoms with van der Waals surface area (Å²) in [5.41, 5.74) is 2.48. The monoisotopic (exact) mass is 458 g/mol. The van der Waals surface area contributed by atoms with E-state index >= 15 is 0 Å². The van der Waals surface area contributed by atoms with E-state index in [1.54, 1.807) is 7.05 Å². The lowest BCUT2D eigenvalue weighted by Gasteiger charge is -2.22. The first-order valence-electron chi connectivity index (χ1n) is 11.9. The average Bonchev–Trinajstić information content (AvgIpc) is 3.03. The minimum atomic E-state index is -0.332. The first kappa shape index (κ1) is 22.2. The highest BCUT2D eigenvalue weighted by atomic mass is 16.2. The molecule has 0 atom stereocenters. The number of hydrogen-bond donors (Lipinski definition) is 1. The predicted molar refractivity (Wildman–Crippen MR) is 135 cm³/mol. The lowest BCUT2D eigenvalue weighted by Crippen LogP contribution is -2.40. The number of anilines is 1. The highest BCUT2D eigenvalue weighted by Crippen LogP contribution is 2.22. The summed E-state index contributed by atoms with van der Waals surface area (Å²) in [4.78, 5) is 34.0. The first-order chi connectivity index (χ1) is 16.6. The third-order valence-corrected chi connectivity index (χ3v) is 6.49. The van der Waals surface area contributed by atoms with Gasteiger partial charge in [-0.15, -0.1) is 0 Å². The van der Waals surface area contributed by atoms with Crippen molar-refractivity contribution >= 4 is 17.1 Å². The Morgan fingerprint density at radius 1 is 0.882 bits per heavy atom. The van der Waals surface area contributed by atoms with Crippen LogP contribution in [0, 0.1) is 0 Å². The number of rotatable bonds is 6. The van der Waals surface area contributed by atoms with E-state index in [0.717, 1.165) is 49.7 Å². The van der Waals surface area contributed by atoms with E-state index in [2.05, 4.69) is 22.3 Å². The largest absolute Gasteiger partial charge is 0.341 e. The smallest absolute Gasteiger partial charge is 0.332 e. The summed E-state index contributed by atoms with van der Waals surface area (Å²) in [6, 6.07) is 20.0. The molecule has 34 heavy (non-hydrogen) atoms. The second-order valence-electron chi connectivity index (χ2n) is 8.78. The Morgan fingerprint density at radius 2 is 1.59 bits per heavy atom. The number of benzene rings is 2. The zero-order valence-corrected chi connectivity index (χ0v) is 19.5. The van der Waals surface area contributed by atoms with E-state index in [9.17, 15) is 9.59 Å². The van der Waals surface area contributed by atoms with Gasteiger partial charge in [-0.2, -0.15) is 4.98 Å². The molecular weight excluding hydrogens is 428 g/mol. The minimum Gasteiger partial charge on any atom is -0.341 e. The second kappa shape index (κ2) is 9.69. The highest BCUT2D eigenvalue weighted by Gasteiger charge is 2.24. The van der Waals surface area contributed by atoms with Crippen LogP contribution in [0.1, 0.15) is 17.5 Å². The lowest BCUT2D eigenvalue weighted by molar-refractivity contribution is 0.600. The number of imidazole rings is 1. The number of hydrogen-bond acceptors (Lipinski definition) is 5. The predicted octanol–water partition coefficient (Wildman–Crippen LogP) is 1.99. The van der Waals surface area contributed by atoms with Crippen LogP contribution in [0.5, 0.6) is 0 Å². The molecule has 1 saturated heterocycles. The summed E-state index contributed by atoms with van der Waals surface area (Å²) in [6.45, 7) is 4.30. The van der Waals surface area contributed by atoms with Crippen molar-refractivity contribution in [1.29, 1.82) is 0 Å². The van der Waals surface area contributed by atoms with Gasteiger partial charge in [0.05, 0.1) is 6.54 Å². The van der Waals surface area contributed by atoms with Gasteiger partial charge in [0.15, 0.2) is 11.2 Å². The van der Waals surface area contributed by atoms with Gasteiger partial charge in [0.25, 0.3) is 5.56 Å². The Kier molecular flexibility index (Phi) is 6.31. The van der Waals surface area contributed by atoms with Crippen LogP contribution >= 0.6 is 0 Å². The molecule has 2 aromatic carbocycles. The topological polar surface area (TPSA) is 77.1 Å². The zero-order valence-electron chi connectivity index (χ0n) is 19.5. The quantitative estimate of drug-likeness (QED) is 0.478. The van der Waals surface area contributed by atoms with Crippen LogP contribution in [-0.4, -0.2) is 44.9 Å². The van der Waals surface area contributed by atoms with Gasteiger partial charge in [-0.05, 0) is 30.5 Å². The van der Waals surface area contributed by atoms with Crippen LogP contribution < -0.4 is 21.5 Å². The molecule has 1 aliphatic heterocycles. The maximum absolute atomic E-state index is 13.8. The Morgan fingerprint density at radius 3 is 2.32 bits per heavy atom. The van der Waals surface area contributed by atoms with Gasteiger partial charge >= 0.3 is 5.69 Å². The molecule has 1 N–H and O–H groups in total. The summed E-state index contributed by atoms with van der Waals surface area (Å²) in [7, 11) is 1.71. The number of fused-ring (bicyclic) bond motifs is 1. The normalized spacial score (nSPS) is 14.4. The molecule has 0 amide bonds.